The van der Waals surface area contributed by atoms with Crippen molar-refractivity contribution in [1.29, 1.82) is 0 Å². The number of nitrogens with zero attached hydrogens (tertiary/aromatic N) is 3. The van der Waals surface area contributed by atoms with Crippen molar-refractivity contribution in [2.75, 3.05) is 0 Å². The summed E-state index contributed by atoms with van der Waals surface area (Å²) < 4.78 is 7.66. The van der Waals surface area contributed by atoms with E-state index in [1.165, 1.54) is 0 Å². The van der Waals surface area contributed by atoms with Crippen LogP contribution in [0.2, 0.25) is 0 Å². The molecular weight excluding hydrogens is 284 g/mol. The van der Waals surface area contributed by atoms with Crippen molar-refractivity contribution in [3.8, 4) is 11.5 Å². The highest BCUT2D eigenvalue weighted by Crippen LogP contribution is 2.23. The van der Waals surface area contributed by atoms with E-state index in [2.05, 4.69) is 22.3 Å². The van der Waals surface area contributed by atoms with E-state index in [1.807, 2.05) is 40.7 Å². The van der Waals surface area contributed by atoms with E-state index in [4.69, 9.17) is 4.42 Å². The van der Waals surface area contributed by atoms with E-state index < -0.39 is 0 Å². The van der Waals surface area contributed by atoms with E-state index in [1.54, 1.807) is 17.5 Å². The molecule has 0 spiro atoms. The first-order valence-corrected chi connectivity index (χ1v) is 7.86. The predicted molar refractivity (Wildman–Crippen MR) is 83.1 cm³/mol. The van der Waals surface area contributed by atoms with Crippen LogP contribution in [-0.2, 0) is 13.1 Å². The summed E-state index contributed by atoms with van der Waals surface area (Å²) in [5.74, 6) is 1.57. The minimum Gasteiger partial charge on any atom is -0.441 e. The summed E-state index contributed by atoms with van der Waals surface area (Å²) in [6.45, 7) is 5.62. The van der Waals surface area contributed by atoms with Crippen LogP contribution in [0, 0.1) is 6.92 Å². The van der Waals surface area contributed by atoms with E-state index in [-0.39, 0.29) is 0 Å². The fraction of sp³-hybridized carbons (Fsp3) is 0.333. The second kappa shape index (κ2) is 6.24. The number of rotatable bonds is 6. The topological polar surface area (TPSA) is 55.9 Å². The summed E-state index contributed by atoms with van der Waals surface area (Å²) in [7, 11) is 0. The first kappa shape index (κ1) is 14.0. The molecule has 0 aromatic carbocycles. The Balaban J connectivity index is 1.60. The number of aryl methyl sites for hydroxylation is 1. The van der Waals surface area contributed by atoms with Gasteiger partial charge in [-0.15, -0.1) is 0 Å². The van der Waals surface area contributed by atoms with Crippen molar-refractivity contribution in [1.82, 2.24) is 20.1 Å². The van der Waals surface area contributed by atoms with Crippen LogP contribution >= 0.6 is 11.3 Å². The van der Waals surface area contributed by atoms with Gasteiger partial charge in [-0.2, -0.15) is 16.4 Å². The molecule has 1 atom stereocenters. The fourth-order valence-electron chi connectivity index (χ4n) is 2.13. The third-order valence-corrected chi connectivity index (χ3v) is 3.98. The van der Waals surface area contributed by atoms with Gasteiger partial charge in [0.2, 0.25) is 5.89 Å². The Morgan fingerprint density at radius 3 is 3.10 bits per heavy atom. The largest absolute Gasteiger partial charge is 0.441 e. The maximum atomic E-state index is 5.74. The minimum absolute atomic E-state index is 0.311. The Hall–Kier alpha value is -1.92. The molecule has 0 amide bonds. The maximum absolute atomic E-state index is 5.74. The van der Waals surface area contributed by atoms with Crippen LogP contribution in [0.3, 0.4) is 0 Å². The van der Waals surface area contributed by atoms with Gasteiger partial charge in [0, 0.05) is 35.9 Å². The minimum atomic E-state index is 0.311. The number of thiophene rings is 1. The molecule has 3 rings (SSSR count). The first-order valence-electron chi connectivity index (χ1n) is 6.92. The van der Waals surface area contributed by atoms with Crippen molar-refractivity contribution in [2.24, 2.45) is 0 Å². The third-order valence-electron chi connectivity index (χ3n) is 3.30. The van der Waals surface area contributed by atoms with Gasteiger partial charge in [0.05, 0.1) is 12.2 Å². The lowest BCUT2D eigenvalue weighted by Gasteiger charge is -2.12. The standard InChI is InChI=1S/C15H18N4OS/c1-11(9-19-6-3-5-17-19)16-8-14-12(2)20-15(18-14)13-4-7-21-10-13/h3-7,10-11,16H,8-9H2,1-2H3/t11-/m1/s1. The van der Waals surface area contributed by atoms with E-state index in [0.717, 1.165) is 23.6 Å². The number of hydrogen-bond acceptors (Lipinski definition) is 5. The molecule has 110 valence electrons. The molecule has 0 aliphatic carbocycles. The number of oxazole rings is 1. The molecule has 0 aliphatic rings. The second-order valence-electron chi connectivity index (χ2n) is 5.04. The summed E-state index contributed by atoms with van der Waals surface area (Å²) in [4.78, 5) is 4.58. The zero-order valence-electron chi connectivity index (χ0n) is 12.1. The Labute approximate surface area is 127 Å². The normalized spacial score (nSPS) is 12.7. The zero-order chi connectivity index (χ0) is 14.7. The van der Waals surface area contributed by atoms with Gasteiger partial charge in [-0.25, -0.2) is 4.98 Å². The number of hydrogen-bond donors (Lipinski definition) is 1. The third kappa shape index (κ3) is 3.40. The summed E-state index contributed by atoms with van der Waals surface area (Å²) in [5.41, 5.74) is 2.00. The highest BCUT2D eigenvalue weighted by molar-refractivity contribution is 7.08. The monoisotopic (exact) mass is 302 g/mol. The summed E-state index contributed by atoms with van der Waals surface area (Å²) in [6, 6.07) is 4.26. The average Bonchev–Trinajstić information content (AvgIpc) is 3.17. The van der Waals surface area contributed by atoms with Crippen LogP contribution in [0.4, 0.5) is 0 Å². The molecule has 6 heteroatoms. The van der Waals surface area contributed by atoms with Crippen molar-refractivity contribution in [2.45, 2.75) is 33.0 Å². The molecule has 0 unspecified atom stereocenters. The maximum Gasteiger partial charge on any atom is 0.227 e. The number of nitrogens with one attached hydrogen (secondary N) is 1. The predicted octanol–water partition coefficient (Wildman–Crippen LogP) is 3.09. The van der Waals surface area contributed by atoms with Crippen LogP contribution < -0.4 is 5.32 Å². The Morgan fingerprint density at radius 2 is 2.38 bits per heavy atom. The molecule has 3 aromatic heterocycles. The van der Waals surface area contributed by atoms with Gasteiger partial charge < -0.3 is 9.73 Å². The van der Waals surface area contributed by atoms with E-state index >= 15 is 0 Å². The molecule has 21 heavy (non-hydrogen) atoms. The molecule has 0 saturated heterocycles. The second-order valence-corrected chi connectivity index (χ2v) is 5.82. The van der Waals surface area contributed by atoms with Crippen molar-refractivity contribution >= 4 is 11.3 Å². The van der Waals surface area contributed by atoms with Crippen LogP contribution in [-0.4, -0.2) is 20.8 Å². The molecule has 3 heterocycles. The fourth-order valence-corrected chi connectivity index (χ4v) is 2.76. The van der Waals surface area contributed by atoms with E-state index in [9.17, 15) is 0 Å². The van der Waals surface area contributed by atoms with Gasteiger partial charge in [0.1, 0.15) is 5.76 Å². The Morgan fingerprint density at radius 1 is 1.48 bits per heavy atom. The lowest BCUT2D eigenvalue weighted by Crippen LogP contribution is -2.30. The molecule has 1 N–H and O–H groups in total. The molecule has 0 radical (unpaired) electrons. The van der Waals surface area contributed by atoms with Crippen molar-refractivity contribution in [3.63, 3.8) is 0 Å². The van der Waals surface area contributed by atoms with Crippen molar-refractivity contribution in [3.05, 3.63) is 46.7 Å². The molecule has 5 nitrogen and oxygen atoms in total. The van der Waals surface area contributed by atoms with Gasteiger partial charge in [0.25, 0.3) is 0 Å². The molecule has 0 aliphatic heterocycles. The van der Waals surface area contributed by atoms with Gasteiger partial charge in [-0.05, 0) is 31.4 Å². The van der Waals surface area contributed by atoms with E-state index in [0.29, 0.717) is 18.5 Å². The Bertz CT molecular complexity index is 673. The summed E-state index contributed by atoms with van der Waals surface area (Å²) in [5, 5.41) is 11.7. The lowest BCUT2D eigenvalue weighted by molar-refractivity contribution is 0.446. The highest BCUT2D eigenvalue weighted by Gasteiger charge is 2.12. The summed E-state index contributed by atoms with van der Waals surface area (Å²) >= 11 is 1.64. The van der Waals surface area contributed by atoms with Crippen LogP contribution in [0.25, 0.3) is 11.5 Å². The molecular formula is C15H18N4OS. The van der Waals surface area contributed by atoms with Gasteiger partial charge in [0.15, 0.2) is 0 Å². The van der Waals surface area contributed by atoms with Gasteiger partial charge in [-0.1, -0.05) is 0 Å². The zero-order valence-corrected chi connectivity index (χ0v) is 12.9. The Kier molecular flexibility index (Phi) is 4.17. The van der Waals surface area contributed by atoms with Crippen LogP contribution in [0.15, 0.2) is 39.7 Å². The van der Waals surface area contributed by atoms with Gasteiger partial charge >= 0.3 is 0 Å². The SMILES string of the molecule is Cc1oc(-c2ccsc2)nc1CN[C@H](C)Cn1cccn1. The molecule has 0 bridgehead atoms. The number of aromatic nitrogens is 3. The van der Waals surface area contributed by atoms with Crippen molar-refractivity contribution < 1.29 is 4.42 Å². The summed E-state index contributed by atoms with van der Waals surface area (Å²) in [6.07, 6.45) is 3.76. The first-order chi connectivity index (χ1) is 10.2. The van der Waals surface area contributed by atoms with Crippen LogP contribution in [0.1, 0.15) is 18.4 Å². The average molecular weight is 302 g/mol. The quantitative estimate of drug-likeness (QED) is 0.760. The lowest BCUT2D eigenvalue weighted by atomic mass is 10.3. The smallest absolute Gasteiger partial charge is 0.227 e. The van der Waals surface area contributed by atoms with Gasteiger partial charge in [-0.3, -0.25) is 4.68 Å². The highest BCUT2D eigenvalue weighted by atomic mass is 32.1. The molecule has 0 saturated carbocycles. The molecule has 0 fully saturated rings. The van der Waals surface area contributed by atoms with Crippen LogP contribution in [0.5, 0.6) is 0 Å². The molecule has 3 aromatic rings.